The highest BCUT2D eigenvalue weighted by Gasteiger charge is 2.31. The normalized spacial score (nSPS) is 18.1. The maximum Gasteiger partial charge on any atom is 0.225 e. The lowest BCUT2D eigenvalue weighted by Gasteiger charge is -2.35. The second kappa shape index (κ2) is 9.01. The summed E-state index contributed by atoms with van der Waals surface area (Å²) in [5, 5.41) is 0. The van der Waals surface area contributed by atoms with Gasteiger partial charge in [0.2, 0.25) is 11.9 Å². The summed E-state index contributed by atoms with van der Waals surface area (Å²) in [4.78, 5) is 35.2. The number of fused-ring (bicyclic) bond motifs is 1. The first-order valence-corrected chi connectivity index (χ1v) is 11.0. The minimum absolute atomic E-state index is 0.000632. The molecule has 0 saturated carbocycles. The van der Waals surface area contributed by atoms with Gasteiger partial charge in [0, 0.05) is 63.2 Å². The Bertz CT molecular complexity index is 1150. The molecule has 3 aromatic rings. The highest BCUT2D eigenvalue weighted by atomic mass is 16.5. The first-order valence-electron chi connectivity index (χ1n) is 11.0. The molecule has 1 aliphatic heterocycles. The molecule has 170 valence electrons. The van der Waals surface area contributed by atoms with E-state index < -0.39 is 0 Å². The zero-order valence-corrected chi connectivity index (χ0v) is 18.8. The Morgan fingerprint density at radius 1 is 0.909 bits per heavy atom. The Balaban J connectivity index is 1.34. The molecule has 1 fully saturated rings. The monoisotopic (exact) mass is 446 g/mol. The predicted molar refractivity (Wildman–Crippen MR) is 123 cm³/mol. The highest BCUT2D eigenvalue weighted by Crippen LogP contribution is 2.38. The molecular weight excluding hydrogens is 420 g/mol. The summed E-state index contributed by atoms with van der Waals surface area (Å²) in [6.45, 7) is 3.10. The summed E-state index contributed by atoms with van der Waals surface area (Å²) >= 11 is 0. The van der Waals surface area contributed by atoms with Gasteiger partial charge in [0.05, 0.1) is 25.5 Å². The molecule has 0 N–H and O–H groups in total. The van der Waals surface area contributed by atoms with Crippen molar-refractivity contribution in [3.8, 4) is 11.5 Å². The van der Waals surface area contributed by atoms with Crippen molar-refractivity contribution in [2.45, 2.75) is 18.8 Å². The Labute approximate surface area is 192 Å². The minimum atomic E-state index is 0.000632. The molecule has 5 rings (SSSR count). The van der Waals surface area contributed by atoms with E-state index in [1.54, 1.807) is 32.8 Å². The molecule has 1 aliphatic carbocycles. The third-order valence-electron chi connectivity index (χ3n) is 6.30. The quantitative estimate of drug-likeness (QED) is 0.586. The van der Waals surface area contributed by atoms with Gasteiger partial charge in [-0.3, -0.25) is 4.79 Å². The number of aromatic nitrogens is 4. The fourth-order valence-corrected chi connectivity index (χ4v) is 4.52. The average Bonchev–Trinajstić information content (AvgIpc) is 2.88. The summed E-state index contributed by atoms with van der Waals surface area (Å²) in [5.41, 5.74) is 2.42. The van der Waals surface area contributed by atoms with Gasteiger partial charge in [-0.15, -0.1) is 0 Å². The number of anilines is 2. The van der Waals surface area contributed by atoms with Crippen LogP contribution in [0, 0.1) is 0 Å². The van der Waals surface area contributed by atoms with Crippen molar-refractivity contribution in [2.75, 3.05) is 50.2 Å². The maximum atomic E-state index is 12.9. The number of methoxy groups -OCH3 is 2. The van der Waals surface area contributed by atoms with Gasteiger partial charge >= 0.3 is 0 Å². The third-order valence-corrected chi connectivity index (χ3v) is 6.30. The van der Waals surface area contributed by atoms with Crippen LogP contribution in [-0.4, -0.2) is 66.1 Å². The molecule has 0 unspecified atom stereocenters. The number of hydrogen-bond acceptors (Lipinski definition) is 9. The van der Waals surface area contributed by atoms with E-state index in [0.717, 1.165) is 54.9 Å². The molecule has 9 nitrogen and oxygen atoms in total. The molecule has 2 aromatic heterocycles. The van der Waals surface area contributed by atoms with E-state index >= 15 is 0 Å². The second-order valence-electron chi connectivity index (χ2n) is 8.19. The predicted octanol–water partition coefficient (Wildman–Crippen LogP) is 2.52. The number of rotatable bonds is 5. The molecular formula is C24H26N6O3. The summed E-state index contributed by atoms with van der Waals surface area (Å²) < 4.78 is 10.9. The molecule has 1 atom stereocenters. The van der Waals surface area contributed by atoms with Crippen molar-refractivity contribution in [1.82, 2.24) is 19.9 Å². The molecule has 33 heavy (non-hydrogen) atoms. The summed E-state index contributed by atoms with van der Waals surface area (Å²) in [6.07, 6.45) is 6.28. The van der Waals surface area contributed by atoms with Gasteiger partial charge in [0.1, 0.15) is 11.5 Å². The van der Waals surface area contributed by atoms with Crippen LogP contribution in [0.3, 0.4) is 0 Å². The fraction of sp³-hybridized carbons (Fsp3) is 0.375. The molecule has 1 saturated heterocycles. The van der Waals surface area contributed by atoms with Crippen molar-refractivity contribution in [2.24, 2.45) is 0 Å². The second-order valence-corrected chi connectivity index (χ2v) is 8.19. The molecule has 2 aliphatic rings. The lowest BCUT2D eigenvalue weighted by atomic mass is 9.82. The Morgan fingerprint density at radius 3 is 2.33 bits per heavy atom. The van der Waals surface area contributed by atoms with Gasteiger partial charge in [0.25, 0.3) is 0 Å². The number of benzene rings is 1. The largest absolute Gasteiger partial charge is 0.497 e. The summed E-state index contributed by atoms with van der Waals surface area (Å²) in [6, 6.07) is 7.56. The van der Waals surface area contributed by atoms with Crippen molar-refractivity contribution < 1.29 is 14.3 Å². The maximum absolute atomic E-state index is 12.9. The third kappa shape index (κ3) is 4.18. The smallest absolute Gasteiger partial charge is 0.225 e. The van der Waals surface area contributed by atoms with Crippen LogP contribution in [0.25, 0.3) is 0 Å². The van der Waals surface area contributed by atoms with Crippen LogP contribution in [0.5, 0.6) is 11.5 Å². The minimum Gasteiger partial charge on any atom is -0.497 e. The van der Waals surface area contributed by atoms with Crippen LogP contribution >= 0.6 is 0 Å². The number of Topliss-reactive ketones (excluding diaryl/α,β-unsaturated/α-hetero) is 1. The zero-order chi connectivity index (χ0) is 22.8. The number of hydrogen-bond donors (Lipinski definition) is 0. The van der Waals surface area contributed by atoms with Gasteiger partial charge < -0.3 is 19.3 Å². The lowest BCUT2D eigenvalue weighted by Crippen LogP contribution is -2.47. The summed E-state index contributed by atoms with van der Waals surface area (Å²) in [7, 11) is 3.26. The van der Waals surface area contributed by atoms with Crippen molar-refractivity contribution in [3.05, 3.63) is 59.7 Å². The van der Waals surface area contributed by atoms with E-state index in [1.165, 1.54) is 0 Å². The van der Waals surface area contributed by atoms with Crippen molar-refractivity contribution in [1.29, 1.82) is 0 Å². The molecule has 0 spiro atoms. The number of nitrogens with zero attached hydrogens (tertiary/aromatic N) is 6. The highest BCUT2D eigenvalue weighted by molar-refractivity contribution is 5.98. The Kier molecular flexibility index (Phi) is 5.77. The van der Waals surface area contributed by atoms with E-state index in [2.05, 4.69) is 24.8 Å². The van der Waals surface area contributed by atoms with Crippen LogP contribution in [0.1, 0.15) is 34.0 Å². The van der Waals surface area contributed by atoms with Crippen LogP contribution in [0.15, 0.2) is 42.9 Å². The van der Waals surface area contributed by atoms with Gasteiger partial charge in [-0.2, -0.15) is 0 Å². The topological polar surface area (TPSA) is 93.6 Å². The number of ether oxygens (including phenoxy) is 2. The standard InChI is InChI=1S/C24H26N6O3/c1-32-17-4-5-18(22(14-17)33-2)16-12-20-19(21(31)13-16)15-27-24(28-20)30-10-8-29(9-11-30)23-25-6-3-7-26-23/h3-7,14-16H,8-13H2,1-2H3/t16-/m1/s1. The number of ketones is 1. The van der Waals surface area contributed by atoms with E-state index in [1.807, 2.05) is 24.3 Å². The van der Waals surface area contributed by atoms with Crippen LogP contribution in [-0.2, 0) is 6.42 Å². The molecule has 0 amide bonds. The molecule has 1 aromatic carbocycles. The molecule has 9 heteroatoms. The van der Waals surface area contributed by atoms with Gasteiger partial charge in [-0.1, -0.05) is 6.07 Å². The van der Waals surface area contributed by atoms with Crippen molar-refractivity contribution >= 4 is 17.7 Å². The number of piperazine rings is 1. The first kappa shape index (κ1) is 21.1. The lowest BCUT2D eigenvalue weighted by molar-refractivity contribution is 0.0962. The van der Waals surface area contributed by atoms with Crippen LogP contribution in [0.2, 0.25) is 0 Å². The van der Waals surface area contributed by atoms with Gasteiger partial charge in [-0.05, 0) is 24.1 Å². The Hall–Kier alpha value is -3.75. The van der Waals surface area contributed by atoms with Gasteiger partial charge in [0.15, 0.2) is 5.78 Å². The van der Waals surface area contributed by atoms with Crippen molar-refractivity contribution in [3.63, 3.8) is 0 Å². The van der Waals surface area contributed by atoms with Crippen LogP contribution < -0.4 is 19.3 Å². The SMILES string of the molecule is COc1ccc([C@H]2CC(=O)c3cnc(N4CCN(c5ncccn5)CC4)nc3C2)c(OC)c1. The first-order chi connectivity index (χ1) is 16.2. The Morgan fingerprint density at radius 2 is 1.64 bits per heavy atom. The molecule has 3 heterocycles. The van der Waals surface area contributed by atoms with E-state index in [0.29, 0.717) is 24.4 Å². The zero-order valence-electron chi connectivity index (χ0n) is 18.8. The summed E-state index contributed by atoms with van der Waals surface area (Å²) in [5.74, 6) is 2.92. The molecule has 0 bridgehead atoms. The van der Waals surface area contributed by atoms with Crippen LogP contribution in [0.4, 0.5) is 11.9 Å². The van der Waals surface area contributed by atoms with E-state index in [4.69, 9.17) is 14.5 Å². The fourth-order valence-electron chi connectivity index (χ4n) is 4.52. The number of carbonyl (C=O) groups excluding carboxylic acids is 1. The average molecular weight is 447 g/mol. The van der Waals surface area contributed by atoms with Gasteiger partial charge in [-0.25, -0.2) is 19.9 Å². The van der Waals surface area contributed by atoms with E-state index in [-0.39, 0.29) is 11.7 Å². The van der Waals surface area contributed by atoms with E-state index in [9.17, 15) is 4.79 Å². The number of carbonyl (C=O) groups is 1. The molecule has 0 radical (unpaired) electrons.